The summed E-state index contributed by atoms with van der Waals surface area (Å²) in [5, 5.41) is 13.2. The largest absolute Gasteiger partial charge is 0.368 e. The van der Waals surface area contributed by atoms with E-state index in [9.17, 15) is 4.79 Å². The third kappa shape index (κ3) is 3.07. The molecule has 1 aromatic carbocycles. The summed E-state index contributed by atoms with van der Waals surface area (Å²) < 4.78 is 0. The molecule has 4 aliphatic carbocycles. The molecule has 170 valence electrons. The second-order valence-electron chi connectivity index (χ2n) is 11.2. The zero-order valence-electron chi connectivity index (χ0n) is 19.5. The standard InChI is InChI=1S/C25H34N6O/c1-17-4-6-22(7-5-17)29-8-9-30(18(2)15-29)23(32)24-11-20-10-21(12-24)14-25(13-20,16-24)31-27-19(3)26-28-31/h4-7,18,20-21H,8-16H2,1-3H3/t18-,20-,21+,24?,25?/m1/s1. The van der Waals surface area contributed by atoms with Crippen LogP contribution < -0.4 is 4.90 Å². The van der Waals surface area contributed by atoms with E-state index in [2.05, 4.69) is 63.3 Å². The van der Waals surface area contributed by atoms with Gasteiger partial charge < -0.3 is 9.80 Å². The van der Waals surface area contributed by atoms with Gasteiger partial charge in [-0.2, -0.15) is 4.80 Å². The normalized spacial score (nSPS) is 36.0. The first-order chi connectivity index (χ1) is 15.4. The van der Waals surface area contributed by atoms with Crippen molar-refractivity contribution in [2.45, 2.75) is 70.9 Å². The van der Waals surface area contributed by atoms with Crippen LogP contribution in [0.1, 0.15) is 56.8 Å². The van der Waals surface area contributed by atoms with Crippen molar-refractivity contribution in [1.29, 1.82) is 0 Å². The van der Waals surface area contributed by atoms with Crippen LogP contribution in [0.15, 0.2) is 24.3 Å². The van der Waals surface area contributed by atoms with E-state index in [0.29, 0.717) is 17.7 Å². The molecule has 5 aliphatic rings. The number of amides is 1. The first-order valence-electron chi connectivity index (χ1n) is 12.3. The molecule has 2 unspecified atom stereocenters. The van der Waals surface area contributed by atoms with Crippen LogP contribution in [0.4, 0.5) is 5.69 Å². The minimum atomic E-state index is -0.244. The molecule has 2 aromatic rings. The van der Waals surface area contributed by atoms with E-state index in [-0.39, 0.29) is 17.0 Å². The Kier molecular flexibility index (Phi) is 4.43. The minimum Gasteiger partial charge on any atom is -0.368 e. The predicted molar refractivity (Wildman–Crippen MR) is 122 cm³/mol. The Hall–Kier alpha value is -2.44. The number of benzene rings is 1. The summed E-state index contributed by atoms with van der Waals surface area (Å²) >= 11 is 0. The smallest absolute Gasteiger partial charge is 0.229 e. The average molecular weight is 435 g/mol. The van der Waals surface area contributed by atoms with Crippen LogP contribution >= 0.6 is 0 Å². The van der Waals surface area contributed by atoms with Crippen molar-refractivity contribution in [3.05, 3.63) is 35.7 Å². The Morgan fingerprint density at radius 2 is 1.75 bits per heavy atom. The molecule has 0 spiro atoms. The number of nitrogens with zero attached hydrogens (tertiary/aromatic N) is 6. The number of rotatable bonds is 3. The lowest BCUT2D eigenvalue weighted by molar-refractivity contribution is -0.170. The molecule has 1 amide bonds. The summed E-state index contributed by atoms with van der Waals surface area (Å²) in [7, 11) is 0. The fraction of sp³-hybridized carbons (Fsp3) is 0.680. The van der Waals surface area contributed by atoms with Crippen molar-refractivity contribution in [3.63, 3.8) is 0 Å². The van der Waals surface area contributed by atoms with Gasteiger partial charge in [-0.3, -0.25) is 4.79 Å². The van der Waals surface area contributed by atoms with Crippen LogP contribution in [0.2, 0.25) is 0 Å². The lowest BCUT2D eigenvalue weighted by Crippen LogP contribution is -2.64. The summed E-state index contributed by atoms with van der Waals surface area (Å²) in [6, 6.07) is 8.97. The molecule has 32 heavy (non-hydrogen) atoms. The highest BCUT2D eigenvalue weighted by molar-refractivity contribution is 5.84. The Balaban J connectivity index is 1.24. The number of carbonyl (C=O) groups is 1. The number of hydrogen-bond acceptors (Lipinski definition) is 5. The van der Waals surface area contributed by atoms with E-state index in [1.54, 1.807) is 0 Å². The van der Waals surface area contributed by atoms with Crippen molar-refractivity contribution < 1.29 is 4.79 Å². The van der Waals surface area contributed by atoms with Crippen molar-refractivity contribution in [2.24, 2.45) is 17.3 Å². The van der Waals surface area contributed by atoms with Gasteiger partial charge in [0.15, 0.2) is 5.82 Å². The Morgan fingerprint density at radius 1 is 1.03 bits per heavy atom. The number of tetrazole rings is 1. The Bertz CT molecular complexity index is 1020. The molecule has 1 aromatic heterocycles. The maximum absolute atomic E-state index is 14.2. The van der Waals surface area contributed by atoms with Gasteiger partial charge in [-0.15, -0.1) is 10.2 Å². The van der Waals surface area contributed by atoms with Crippen molar-refractivity contribution in [2.75, 3.05) is 24.5 Å². The van der Waals surface area contributed by atoms with E-state index < -0.39 is 0 Å². The van der Waals surface area contributed by atoms with Gasteiger partial charge in [0.1, 0.15) is 0 Å². The van der Waals surface area contributed by atoms with Gasteiger partial charge in [-0.1, -0.05) is 17.7 Å². The van der Waals surface area contributed by atoms with E-state index in [4.69, 9.17) is 0 Å². The highest BCUT2D eigenvalue weighted by Crippen LogP contribution is 2.64. The molecule has 4 saturated carbocycles. The lowest BCUT2D eigenvalue weighted by atomic mass is 9.46. The summed E-state index contributed by atoms with van der Waals surface area (Å²) in [6.07, 6.45) is 6.44. The van der Waals surface area contributed by atoms with Gasteiger partial charge in [-0.25, -0.2) is 0 Å². The summed E-state index contributed by atoms with van der Waals surface area (Å²) in [5.74, 6) is 2.33. The summed E-state index contributed by atoms with van der Waals surface area (Å²) in [4.78, 5) is 20.7. The van der Waals surface area contributed by atoms with Gasteiger partial charge >= 0.3 is 0 Å². The second kappa shape index (κ2) is 7.03. The van der Waals surface area contributed by atoms with E-state index >= 15 is 0 Å². The minimum absolute atomic E-state index is 0.117. The number of anilines is 1. The van der Waals surface area contributed by atoms with Gasteiger partial charge in [-0.05, 0) is 88.5 Å². The fourth-order valence-corrected chi connectivity index (χ4v) is 7.74. The van der Waals surface area contributed by atoms with Crippen LogP contribution in [-0.4, -0.2) is 56.7 Å². The molecule has 1 aliphatic heterocycles. The zero-order chi connectivity index (χ0) is 22.1. The van der Waals surface area contributed by atoms with Gasteiger partial charge in [0.05, 0.1) is 11.0 Å². The molecule has 2 heterocycles. The number of hydrogen-bond donors (Lipinski definition) is 0. The van der Waals surface area contributed by atoms with Gasteiger partial charge in [0.2, 0.25) is 5.91 Å². The van der Waals surface area contributed by atoms with Gasteiger partial charge in [0, 0.05) is 31.4 Å². The zero-order valence-corrected chi connectivity index (χ0v) is 19.5. The average Bonchev–Trinajstić information content (AvgIpc) is 3.20. The second-order valence-corrected chi connectivity index (χ2v) is 11.2. The highest BCUT2D eigenvalue weighted by Gasteiger charge is 2.63. The first-order valence-corrected chi connectivity index (χ1v) is 12.3. The molecule has 5 fully saturated rings. The maximum Gasteiger partial charge on any atom is 0.229 e. The molecule has 0 N–H and O–H groups in total. The van der Waals surface area contributed by atoms with Crippen molar-refractivity contribution in [3.8, 4) is 0 Å². The SMILES string of the molecule is Cc1ccc(N2CCN(C(=O)C34C[C@H]5C[C@@H](C3)CC(n3nnc(C)n3)(C5)C4)[C@H](C)C2)cc1. The quantitative estimate of drug-likeness (QED) is 0.741. The molecule has 7 rings (SSSR count). The molecule has 7 heteroatoms. The number of aryl methyl sites for hydroxylation is 2. The Labute approximate surface area is 190 Å². The Morgan fingerprint density at radius 3 is 2.38 bits per heavy atom. The van der Waals surface area contributed by atoms with Crippen LogP contribution in [0.25, 0.3) is 0 Å². The van der Waals surface area contributed by atoms with Crippen LogP contribution in [0.3, 0.4) is 0 Å². The molecular weight excluding hydrogens is 400 g/mol. The fourth-order valence-electron chi connectivity index (χ4n) is 7.74. The highest BCUT2D eigenvalue weighted by atomic mass is 16.2. The topological polar surface area (TPSA) is 67.2 Å². The van der Waals surface area contributed by atoms with Gasteiger partial charge in [0.25, 0.3) is 0 Å². The third-order valence-electron chi connectivity index (χ3n) is 8.71. The van der Waals surface area contributed by atoms with E-state index in [0.717, 1.165) is 57.6 Å². The first kappa shape index (κ1) is 20.2. The summed E-state index contributed by atoms with van der Waals surface area (Å²) in [6.45, 7) is 8.84. The molecular formula is C25H34N6O. The van der Waals surface area contributed by atoms with E-state index in [1.165, 1.54) is 17.7 Å². The predicted octanol–water partition coefficient (Wildman–Crippen LogP) is 3.32. The lowest BCUT2D eigenvalue weighted by Gasteiger charge is -2.61. The monoisotopic (exact) mass is 434 g/mol. The van der Waals surface area contributed by atoms with Crippen LogP contribution in [0.5, 0.6) is 0 Å². The maximum atomic E-state index is 14.2. The molecule has 7 nitrogen and oxygen atoms in total. The van der Waals surface area contributed by atoms with Crippen molar-refractivity contribution >= 4 is 11.6 Å². The number of piperazine rings is 1. The summed E-state index contributed by atoms with van der Waals surface area (Å²) in [5.41, 5.74) is 2.18. The number of carbonyl (C=O) groups excluding carboxylic acids is 1. The van der Waals surface area contributed by atoms with Crippen LogP contribution in [0, 0.1) is 31.1 Å². The number of aromatic nitrogens is 4. The molecule has 5 atom stereocenters. The van der Waals surface area contributed by atoms with E-state index in [1.807, 2.05) is 11.7 Å². The van der Waals surface area contributed by atoms with Crippen LogP contribution in [-0.2, 0) is 10.3 Å². The third-order valence-corrected chi connectivity index (χ3v) is 8.71. The molecule has 1 saturated heterocycles. The van der Waals surface area contributed by atoms with Crippen molar-refractivity contribution in [1.82, 2.24) is 25.1 Å². The molecule has 0 radical (unpaired) electrons. The molecule has 4 bridgehead atoms.